The number of carbonyl (C=O) groups is 1. The van der Waals surface area contributed by atoms with Crippen LogP contribution in [-0.2, 0) is 5.33 Å². The van der Waals surface area contributed by atoms with E-state index in [1.54, 1.807) is 0 Å². The molecule has 0 atom stereocenters. The van der Waals surface area contributed by atoms with Crippen LogP contribution in [0.2, 0.25) is 0 Å². The average Bonchev–Trinajstić information content (AvgIpc) is 2.26. The predicted octanol–water partition coefficient (Wildman–Crippen LogP) is 2.48. The molecule has 1 aromatic heterocycles. The maximum absolute atomic E-state index is 12.6. The van der Waals surface area contributed by atoms with E-state index < -0.39 is 29.2 Å². The summed E-state index contributed by atoms with van der Waals surface area (Å²) in [6.07, 6.45) is -2.96. The normalized spacial score (nSPS) is 10.2. The number of nitrogens with zero attached hydrogens (tertiary/aromatic N) is 2. The summed E-state index contributed by atoms with van der Waals surface area (Å²) in [7, 11) is 0. The number of halogens is 3. The lowest BCUT2D eigenvalue weighted by atomic mass is 10.1. The number of hydrogen-bond acceptors (Lipinski definition) is 3. The topological polar surface area (TPSA) is 74.0 Å². The van der Waals surface area contributed by atoms with Gasteiger partial charge in [-0.2, -0.15) is 5.26 Å². The van der Waals surface area contributed by atoms with Crippen molar-refractivity contribution in [1.82, 2.24) is 4.98 Å². The van der Waals surface area contributed by atoms with Crippen molar-refractivity contribution in [2.75, 3.05) is 0 Å². The first-order valence-corrected chi connectivity index (χ1v) is 5.14. The van der Waals surface area contributed by atoms with Gasteiger partial charge in [0.05, 0.1) is 5.69 Å². The molecule has 16 heavy (non-hydrogen) atoms. The molecule has 1 heterocycles. The molecule has 4 nitrogen and oxygen atoms in total. The zero-order chi connectivity index (χ0) is 12.3. The minimum atomic E-state index is -2.96. The minimum absolute atomic E-state index is 0.168. The summed E-state index contributed by atoms with van der Waals surface area (Å²) in [5, 5.41) is 17.6. The monoisotopic (exact) mass is 290 g/mol. The highest BCUT2D eigenvalue weighted by Crippen LogP contribution is 2.26. The average molecular weight is 291 g/mol. The maximum Gasteiger partial charge on any atom is 0.339 e. The van der Waals surface area contributed by atoms with Gasteiger partial charge in [0.1, 0.15) is 11.6 Å². The lowest BCUT2D eigenvalue weighted by Gasteiger charge is -2.08. The highest BCUT2D eigenvalue weighted by molar-refractivity contribution is 9.08. The Bertz CT molecular complexity index is 471. The Kier molecular flexibility index (Phi) is 3.90. The van der Waals surface area contributed by atoms with E-state index in [0.29, 0.717) is 0 Å². The van der Waals surface area contributed by atoms with Gasteiger partial charge in [-0.05, 0) is 6.07 Å². The summed E-state index contributed by atoms with van der Waals surface area (Å²) in [6, 6.07) is 2.48. The number of aromatic carboxylic acids is 1. The molecule has 0 unspecified atom stereocenters. The molecule has 0 saturated heterocycles. The second-order valence-electron chi connectivity index (χ2n) is 2.78. The number of hydrogen-bond donors (Lipinski definition) is 1. The van der Waals surface area contributed by atoms with Crippen molar-refractivity contribution in [3.63, 3.8) is 0 Å². The van der Waals surface area contributed by atoms with E-state index in [1.165, 1.54) is 6.07 Å². The lowest BCUT2D eigenvalue weighted by Crippen LogP contribution is -2.09. The molecule has 0 spiro atoms. The van der Waals surface area contributed by atoms with E-state index in [1.807, 2.05) is 0 Å². The summed E-state index contributed by atoms with van der Waals surface area (Å²) in [4.78, 5) is 14.4. The first-order chi connectivity index (χ1) is 7.51. The number of nitriles is 1. The first-order valence-electron chi connectivity index (χ1n) is 4.02. The van der Waals surface area contributed by atoms with Gasteiger partial charge >= 0.3 is 5.97 Å². The number of alkyl halides is 3. The second kappa shape index (κ2) is 4.99. The zero-order valence-corrected chi connectivity index (χ0v) is 9.33. The van der Waals surface area contributed by atoms with Crippen LogP contribution in [0.15, 0.2) is 6.07 Å². The Balaban J connectivity index is 3.55. The molecule has 0 aliphatic carbocycles. The Morgan fingerprint density at radius 2 is 2.31 bits per heavy atom. The third-order valence-electron chi connectivity index (χ3n) is 1.79. The maximum atomic E-state index is 12.6. The van der Waals surface area contributed by atoms with Gasteiger partial charge in [0, 0.05) is 10.9 Å². The molecule has 7 heteroatoms. The van der Waals surface area contributed by atoms with Crippen LogP contribution >= 0.6 is 15.9 Å². The van der Waals surface area contributed by atoms with Crippen molar-refractivity contribution >= 4 is 21.9 Å². The van der Waals surface area contributed by atoms with E-state index in [2.05, 4.69) is 20.9 Å². The van der Waals surface area contributed by atoms with Gasteiger partial charge in [-0.25, -0.2) is 18.6 Å². The Labute approximate surface area is 97.7 Å². The van der Waals surface area contributed by atoms with Crippen molar-refractivity contribution < 1.29 is 18.7 Å². The Morgan fingerprint density at radius 3 is 2.69 bits per heavy atom. The summed E-state index contributed by atoms with van der Waals surface area (Å²) in [5.41, 5.74) is -1.73. The number of aromatic nitrogens is 1. The third kappa shape index (κ3) is 2.33. The third-order valence-corrected chi connectivity index (χ3v) is 2.37. The Hall–Kier alpha value is -1.55. The molecule has 84 valence electrons. The van der Waals surface area contributed by atoms with E-state index in [4.69, 9.17) is 10.4 Å². The number of rotatable bonds is 3. The summed E-state index contributed by atoms with van der Waals surface area (Å²) in [6.45, 7) is 0. The first kappa shape index (κ1) is 12.5. The predicted molar refractivity (Wildman–Crippen MR) is 53.5 cm³/mol. The smallest absolute Gasteiger partial charge is 0.339 e. The van der Waals surface area contributed by atoms with Crippen LogP contribution in [0.4, 0.5) is 8.78 Å². The van der Waals surface area contributed by atoms with Gasteiger partial charge in [0.2, 0.25) is 0 Å². The van der Waals surface area contributed by atoms with E-state index in [9.17, 15) is 13.6 Å². The van der Waals surface area contributed by atoms with Crippen LogP contribution in [0.1, 0.15) is 33.7 Å². The molecule has 0 radical (unpaired) electrons. The lowest BCUT2D eigenvalue weighted by molar-refractivity contribution is 0.0683. The van der Waals surface area contributed by atoms with Crippen LogP contribution in [0.5, 0.6) is 0 Å². The number of pyridine rings is 1. The molecule has 1 aromatic rings. The molecular weight excluding hydrogens is 286 g/mol. The fourth-order valence-corrected chi connectivity index (χ4v) is 1.45. The van der Waals surface area contributed by atoms with Crippen LogP contribution in [-0.4, -0.2) is 16.1 Å². The quantitative estimate of drug-likeness (QED) is 0.868. The van der Waals surface area contributed by atoms with E-state index in [-0.39, 0.29) is 11.0 Å². The number of carboxylic acids is 1. The summed E-state index contributed by atoms with van der Waals surface area (Å²) < 4.78 is 25.2. The van der Waals surface area contributed by atoms with Crippen molar-refractivity contribution in [3.05, 3.63) is 28.6 Å². The molecule has 0 saturated carbocycles. The molecule has 0 amide bonds. The largest absolute Gasteiger partial charge is 0.478 e. The second-order valence-corrected chi connectivity index (χ2v) is 3.34. The molecule has 1 rings (SSSR count). The van der Waals surface area contributed by atoms with Gasteiger partial charge in [0.15, 0.2) is 5.69 Å². The molecule has 0 aliphatic heterocycles. The van der Waals surface area contributed by atoms with Gasteiger partial charge in [-0.15, -0.1) is 0 Å². The fraction of sp³-hybridized carbons (Fsp3) is 0.222. The van der Waals surface area contributed by atoms with Gasteiger partial charge in [-0.3, -0.25) is 0 Å². The van der Waals surface area contributed by atoms with Crippen molar-refractivity contribution in [1.29, 1.82) is 5.26 Å². The Morgan fingerprint density at radius 1 is 1.69 bits per heavy atom. The standard InChI is InChI=1S/C9H5BrF2N2O2/c10-2-4-1-5(8(11)12)7(9(15)16)6(3-13)14-4/h1,8H,2H2,(H,15,16). The van der Waals surface area contributed by atoms with Crippen LogP contribution in [0.3, 0.4) is 0 Å². The summed E-state index contributed by atoms with van der Waals surface area (Å²) in [5.74, 6) is -1.58. The molecule has 0 fully saturated rings. The van der Waals surface area contributed by atoms with Gasteiger partial charge < -0.3 is 5.11 Å². The molecule has 0 aliphatic rings. The van der Waals surface area contributed by atoms with Gasteiger partial charge in [0.25, 0.3) is 6.43 Å². The molecule has 0 aromatic carbocycles. The molecule has 1 N–H and O–H groups in total. The van der Waals surface area contributed by atoms with Crippen molar-refractivity contribution in [2.24, 2.45) is 0 Å². The molecular formula is C9H5BrF2N2O2. The fourth-order valence-electron chi connectivity index (χ4n) is 1.17. The zero-order valence-electron chi connectivity index (χ0n) is 7.75. The summed E-state index contributed by atoms with van der Waals surface area (Å²) >= 11 is 3.00. The minimum Gasteiger partial charge on any atom is -0.478 e. The van der Waals surface area contributed by atoms with Crippen LogP contribution < -0.4 is 0 Å². The van der Waals surface area contributed by atoms with E-state index >= 15 is 0 Å². The highest BCUT2D eigenvalue weighted by atomic mass is 79.9. The highest BCUT2D eigenvalue weighted by Gasteiger charge is 2.23. The number of carboxylic acid groups (broad SMARTS) is 1. The van der Waals surface area contributed by atoms with Crippen molar-refractivity contribution in [2.45, 2.75) is 11.8 Å². The van der Waals surface area contributed by atoms with Crippen LogP contribution in [0.25, 0.3) is 0 Å². The van der Waals surface area contributed by atoms with E-state index in [0.717, 1.165) is 6.07 Å². The molecule has 0 bridgehead atoms. The van der Waals surface area contributed by atoms with Crippen molar-refractivity contribution in [3.8, 4) is 6.07 Å². The SMILES string of the molecule is N#Cc1nc(CBr)cc(C(F)F)c1C(=O)O. The van der Waals surface area contributed by atoms with Gasteiger partial charge in [-0.1, -0.05) is 15.9 Å². The van der Waals surface area contributed by atoms with Crippen LogP contribution in [0, 0.1) is 11.3 Å².